The Bertz CT molecular complexity index is 933. The van der Waals surface area contributed by atoms with Gasteiger partial charge in [-0.2, -0.15) is 4.31 Å². The number of halogens is 1. The average Bonchev–Trinajstić information content (AvgIpc) is 2.91. The van der Waals surface area contributed by atoms with Crippen LogP contribution in [0.3, 0.4) is 0 Å². The number of imidazole rings is 1. The van der Waals surface area contributed by atoms with Crippen molar-refractivity contribution in [2.45, 2.75) is 18.4 Å². The Balaban J connectivity index is 1.92. The molecule has 5 nitrogen and oxygen atoms in total. The van der Waals surface area contributed by atoms with Crippen LogP contribution in [0.5, 0.6) is 0 Å². The van der Waals surface area contributed by atoms with E-state index in [1.54, 1.807) is 19.1 Å². The van der Waals surface area contributed by atoms with E-state index >= 15 is 0 Å². The van der Waals surface area contributed by atoms with Crippen LogP contribution < -0.4 is 0 Å². The summed E-state index contributed by atoms with van der Waals surface area (Å²) in [5.74, 6) is 0.594. The topological polar surface area (TPSA) is 66.1 Å². The van der Waals surface area contributed by atoms with Gasteiger partial charge in [0.25, 0.3) is 0 Å². The highest BCUT2D eigenvalue weighted by atomic mass is 35.5. The van der Waals surface area contributed by atoms with Crippen molar-refractivity contribution in [2.75, 3.05) is 7.05 Å². The van der Waals surface area contributed by atoms with Gasteiger partial charge in [-0.15, -0.1) is 0 Å². The summed E-state index contributed by atoms with van der Waals surface area (Å²) in [6.07, 6.45) is 0. The number of nitrogens with one attached hydrogen (secondary N) is 1. The minimum atomic E-state index is -3.64. The number of hydrogen-bond acceptors (Lipinski definition) is 3. The zero-order valence-corrected chi connectivity index (χ0v) is 14.3. The van der Waals surface area contributed by atoms with Gasteiger partial charge in [-0.3, -0.25) is 0 Å². The lowest BCUT2D eigenvalue weighted by Gasteiger charge is -2.17. The van der Waals surface area contributed by atoms with Crippen LogP contribution in [0.1, 0.15) is 11.4 Å². The van der Waals surface area contributed by atoms with E-state index in [-0.39, 0.29) is 11.4 Å². The van der Waals surface area contributed by atoms with Gasteiger partial charge in [-0.1, -0.05) is 29.8 Å². The number of nitrogens with zero attached hydrogens (tertiary/aromatic N) is 2. The standard InChI is InChI=1S/C16H16ClN3O2S/c1-11-7-8-12(17)9-15(11)23(21,22)20(2)10-16-18-13-5-3-4-6-14(13)19-16/h3-9H,10H2,1-2H3,(H,18,19). The molecule has 0 aliphatic rings. The van der Waals surface area contributed by atoms with E-state index in [1.807, 2.05) is 24.3 Å². The zero-order valence-electron chi connectivity index (χ0n) is 12.7. The number of rotatable bonds is 4. The highest BCUT2D eigenvalue weighted by Gasteiger charge is 2.24. The first-order chi connectivity index (χ1) is 10.9. The second-order valence-electron chi connectivity index (χ2n) is 5.37. The molecule has 1 aromatic heterocycles. The second kappa shape index (κ2) is 5.96. The molecule has 0 fully saturated rings. The third-order valence-corrected chi connectivity index (χ3v) is 5.83. The number of para-hydroxylation sites is 2. The highest BCUT2D eigenvalue weighted by molar-refractivity contribution is 7.89. The van der Waals surface area contributed by atoms with E-state index in [1.165, 1.54) is 17.4 Å². The van der Waals surface area contributed by atoms with Gasteiger partial charge in [0.2, 0.25) is 10.0 Å². The van der Waals surface area contributed by atoms with E-state index in [0.717, 1.165) is 11.0 Å². The fourth-order valence-corrected chi connectivity index (χ4v) is 4.01. The van der Waals surface area contributed by atoms with Gasteiger partial charge >= 0.3 is 0 Å². The van der Waals surface area contributed by atoms with Gasteiger partial charge in [0.05, 0.1) is 22.5 Å². The number of sulfonamides is 1. The van der Waals surface area contributed by atoms with Crippen molar-refractivity contribution in [1.29, 1.82) is 0 Å². The Morgan fingerprint density at radius 3 is 2.70 bits per heavy atom. The quantitative estimate of drug-likeness (QED) is 0.785. The molecule has 7 heteroatoms. The Kier molecular flexibility index (Phi) is 4.14. The Hall–Kier alpha value is -1.89. The van der Waals surface area contributed by atoms with Crippen molar-refractivity contribution in [3.8, 4) is 0 Å². The molecule has 3 rings (SSSR count). The van der Waals surface area contributed by atoms with Gasteiger partial charge in [-0.25, -0.2) is 13.4 Å². The maximum Gasteiger partial charge on any atom is 0.243 e. The molecule has 1 heterocycles. The molecule has 0 aliphatic carbocycles. The van der Waals surface area contributed by atoms with E-state index in [9.17, 15) is 8.42 Å². The summed E-state index contributed by atoms with van der Waals surface area (Å²) in [4.78, 5) is 7.76. The second-order valence-corrected chi connectivity index (χ2v) is 7.82. The molecule has 1 N–H and O–H groups in total. The zero-order chi connectivity index (χ0) is 16.6. The van der Waals surface area contributed by atoms with Crippen LogP contribution in [0.2, 0.25) is 5.02 Å². The normalized spacial score (nSPS) is 12.2. The van der Waals surface area contributed by atoms with Crippen LogP contribution in [0, 0.1) is 6.92 Å². The molecule has 0 saturated heterocycles. The molecule has 3 aromatic rings. The van der Waals surface area contributed by atoms with Crippen molar-refractivity contribution in [3.05, 3.63) is 58.9 Å². The molecule has 23 heavy (non-hydrogen) atoms. The average molecular weight is 350 g/mol. The summed E-state index contributed by atoms with van der Waals surface area (Å²) in [5, 5.41) is 0.395. The monoisotopic (exact) mass is 349 g/mol. The van der Waals surface area contributed by atoms with Crippen LogP contribution in [0.25, 0.3) is 11.0 Å². The summed E-state index contributed by atoms with van der Waals surface area (Å²) in [5.41, 5.74) is 2.35. The first-order valence-corrected chi connectivity index (χ1v) is 8.86. The number of fused-ring (bicyclic) bond motifs is 1. The molecule has 0 radical (unpaired) electrons. The molecule has 2 aromatic carbocycles. The van der Waals surface area contributed by atoms with Gasteiger partial charge in [0, 0.05) is 12.1 Å². The van der Waals surface area contributed by atoms with Crippen LogP contribution >= 0.6 is 11.6 Å². The van der Waals surface area contributed by atoms with Crippen LogP contribution in [-0.4, -0.2) is 29.7 Å². The number of benzene rings is 2. The molecule has 0 saturated carbocycles. The van der Waals surface area contributed by atoms with Crippen molar-refractivity contribution in [3.63, 3.8) is 0 Å². The molecule has 120 valence electrons. The van der Waals surface area contributed by atoms with Crippen LogP contribution in [-0.2, 0) is 16.6 Å². The highest BCUT2D eigenvalue weighted by Crippen LogP contribution is 2.24. The van der Waals surface area contributed by atoms with Crippen molar-refractivity contribution >= 4 is 32.7 Å². The number of aromatic nitrogens is 2. The summed E-state index contributed by atoms with van der Waals surface area (Å²) >= 11 is 5.94. The number of aryl methyl sites for hydroxylation is 1. The molecular weight excluding hydrogens is 334 g/mol. The van der Waals surface area contributed by atoms with Crippen molar-refractivity contribution in [2.24, 2.45) is 0 Å². The lowest BCUT2D eigenvalue weighted by molar-refractivity contribution is 0.458. The third kappa shape index (κ3) is 3.10. The first-order valence-electron chi connectivity index (χ1n) is 7.04. The SMILES string of the molecule is Cc1ccc(Cl)cc1S(=O)(=O)N(C)Cc1nc2ccccc2[nH]1. The number of H-pyrrole nitrogens is 1. The van der Waals surface area contributed by atoms with Gasteiger partial charge in [0.15, 0.2) is 0 Å². The minimum Gasteiger partial charge on any atom is -0.341 e. The summed E-state index contributed by atoms with van der Waals surface area (Å²) < 4.78 is 26.8. The molecule has 0 aliphatic heterocycles. The molecule has 0 amide bonds. The van der Waals surface area contributed by atoms with Gasteiger partial charge in [0.1, 0.15) is 5.82 Å². The largest absolute Gasteiger partial charge is 0.341 e. The predicted octanol–water partition coefficient (Wildman–Crippen LogP) is 3.35. The Morgan fingerprint density at radius 2 is 1.96 bits per heavy atom. The molecule has 0 unspecified atom stereocenters. The lowest BCUT2D eigenvalue weighted by Crippen LogP contribution is -2.27. The molecule has 0 bridgehead atoms. The first kappa shape index (κ1) is 16.0. The fourth-order valence-electron chi connectivity index (χ4n) is 2.40. The lowest BCUT2D eigenvalue weighted by atomic mass is 10.2. The summed E-state index contributed by atoms with van der Waals surface area (Å²) in [6, 6.07) is 12.4. The Morgan fingerprint density at radius 1 is 1.22 bits per heavy atom. The molecular formula is C16H16ClN3O2S. The number of aromatic amines is 1. The Labute approximate surface area is 140 Å². The van der Waals surface area contributed by atoms with Crippen LogP contribution in [0.15, 0.2) is 47.4 Å². The predicted molar refractivity (Wildman–Crippen MR) is 90.9 cm³/mol. The van der Waals surface area contributed by atoms with E-state index in [2.05, 4.69) is 9.97 Å². The van der Waals surface area contributed by atoms with Crippen molar-refractivity contribution in [1.82, 2.24) is 14.3 Å². The van der Waals surface area contributed by atoms with Crippen LogP contribution in [0.4, 0.5) is 0 Å². The summed E-state index contributed by atoms with van der Waals surface area (Å²) in [7, 11) is -2.11. The maximum absolute atomic E-state index is 12.8. The smallest absolute Gasteiger partial charge is 0.243 e. The van der Waals surface area contributed by atoms with E-state index in [4.69, 9.17) is 11.6 Å². The van der Waals surface area contributed by atoms with Gasteiger partial charge in [-0.05, 0) is 36.8 Å². The van der Waals surface area contributed by atoms with E-state index < -0.39 is 10.0 Å². The van der Waals surface area contributed by atoms with Crippen molar-refractivity contribution < 1.29 is 8.42 Å². The molecule has 0 atom stereocenters. The fraction of sp³-hybridized carbons (Fsp3) is 0.188. The van der Waals surface area contributed by atoms with Gasteiger partial charge < -0.3 is 4.98 Å². The maximum atomic E-state index is 12.8. The molecule has 0 spiro atoms. The summed E-state index contributed by atoms with van der Waals surface area (Å²) in [6.45, 7) is 1.90. The third-order valence-electron chi connectivity index (χ3n) is 3.65. The minimum absolute atomic E-state index is 0.156. The van der Waals surface area contributed by atoms with E-state index in [0.29, 0.717) is 16.4 Å². The number of hydrogen-bond donors (Lipinski definition) is 1.